The van der Waals surface area contributed by atoms with Crippen LogP contribution >= 0.6 is 0 Å². The summed E-state index contributed by atoms with van der Waals surface area (Å²) >= 11 is 0. The molecule has 1 N–H and O–H groups in total. The number of rotatable bonds is 5. The average molecular weight is 236 g/mol. The van der Waals surface area contributed by atoms with Gasteiger partial charge in [0.2, 0.25) is 0 Å². The van der Waals surface area contributed by atoms with Crippen molar-refractivity contribution in [2.24, 2.45) is 5.92 Å². The minimum atomic E-state index is 0.440. The Morgan fingerprint density at radius 1 is 1.35 bits per heavy atom. The fourth-order valence-corrected chi connectivity index (χ4v) is 2.95. The molecule has 0 aliphatic heterocycles. The second kappa shape index (κ2) is 6.15. The second-order valence-corrected chi connectivity index (χ2v) is 4.91. The second-order valence-electron chi connectivity index (χ2n) is 4.91. The van der Waals surface area contributed by atoms with Gasteiger partial charge in [-0.3, -0.25) is 0 Å². The molecule has 0 radical (unpaired) electrons. The van der Waals surface area contributed by atoms with Gasteiger partial charge in [0.25, 0.3) is 0 Å². The van der Waals surface area contributed by atoms with E-state index in [1.165, 1.54) is 37.8 Å². The van der Waals surface area contributed by atoms with E-state index >= 15 is 0 Å². The summed E-state index contributed by atoms with van der Waals surface area (Å²) in [6, 6.07) is 0.440. The van der Waals surface area contributed by atoms with Gasteiger partial charge in [-0.1, -0.05) is 31.4 Å². The molecule has 0 aromatic carbocycles. The molecule has 0 bridgehead atoms. The predicted octanol–water partition coefficient (Wildman–Crippen LogP) is 2.53. The molecule has 4 heteroatoms. The van der Waals surface area contributed by atoms with Crippen molar-refractivity contribution < 1.29 is 0 Å². The predicted molar refractivity (Wildman–Crippen MR) is 68.7 cm³/mol. The van der Waals surface area contributed by atoms with E-state index < -0.39 is 0 Å². The first kappa shape index (κ1) is 12.6. The highest BCUT2D eigenvalue weighted by atomic mass is 15.4. The summed E-state index contributed by atoms with van der Waals surface area (Å²) in [6.45, 7) is 6.22. The molecule has 2 rings (SSSR count). The van der Waals surface area contributed by atoms with Gasteiger partial charge < -0.3 is 5.32 Å². The summed E-state index contributed by atoms with van der Waals surface area (Å²) in [5.41, 5.74) is 1.27. The van der Waals surface area contributed by atoms with Gasteiger partial charge in [-0.05, 0) is 32.2 Å². The Morgan fingerprint density at radius 2 is 2.12 bits per heavy atom. The maximum absolute atomic E-state index is 4.16. The summed E-state index contributed by atoms with van der Waals surface area (Å²) in [4.78, 5) is 0. The third kappa shape index (κ3) is 2.86. The number of nitrogens with one attached hydrogen (secondary N) is 1. The number of nitrogens with zero attached hydrogens (tertiary/aromatic N) is 3. The minimum absolute atomic E-state index is 0.440. The molecular formula is C13H24N4. The van der Waals surface area contributed by atoms with Crippen LogP contribution < -0.4 is 5.32 Å². The molecule has 96 valence electrons. The van der Waals surface area contributed by atoms with E-state index in [1.54, 1.807) is 0 Å². The number of aromatic nitrogens is 3. The van der Waals surface area contributed by atoms with Gasteiger partial charge in [-0.25, -0.2) is 4.68 Å². The van der Waals surface area contributed by atoms with E-state index in [-0.39, 0.29) is 0 Å². The van der Waals surface area contributed by atoms with E-state index in [4.69, 9.17) is 0 Å². The van der Waals surface area contributed by atoms with Crippen molar-refractivity contribution in [1.82, 2.24) is 20.3 Å². The summed E-state index contributed by atoms with van der Waals surface area (Å²) < 4.78 is 2.03. The zero-order valence-electron chi connectivity index (χ0n) is 11.0. The lowest BCUT2D eigenvalue weighted by Gasteiger charge is -2.30. The van der Waals surface area contributed by atoms with E-state index in [2.05, 4.69) is 29.5 Å². The lowest BCUT2D eigenvalue weighted by molar-refractivity contribution is 0.264. The molecule has 0 spiro atoms. The molecule has 1 aliphatic rings. The summed E-state index contributed by atoms with van der Waals surface area (Å²) in [5.74, 6) is 0.757. The molecule has 0 saturated heterocycles. The third-order valence-corrected chi connectivity index (χ3v) is 3.81. The van der Waals surface area contributed by atoms with Gasteiger partial charge in [0, 0.05) is 6.54 Å². The van der Waals surface area contributed by atoms with Crippen LogP contribution in [0.4, 0.5) is 0 Å². The van der Waals surface area contributed by atoms with Crippen molar-refractivity contribution >= 4 is 0 Å². The van der Waals surface area contributed by atoms with Crippen molar-refractivity contribution in [1.29, 1.82) is 0 Å². The molecular weight excluding hydrogens is 212 g/mol. The number of hydrogen-bond donors (Lipinski definition) is 1. The van der Waals surface area contributed by atoms with E-state index in [0.717, 1.165) is 19.0 Å². The Labute approximate surface area is 104 Å². The summed E-state index contributed by atoms with van der Waals surface area (Å²) in [7, 11) is 0. The van der Waals surface area contributed by atoms with Gasteiger partial charge in [0.1, 0.15) is 0 Å². The fraction of sp³-hybridized carbons (Fsp3) is 0.846. The van der Waals surface area contributed by atoms with Crippen LogP contribution in [0.2, 0.25) is 0 Å². The SMILES string of the molecule is CCNC(c1cnnn1CC)C1CCCCC1. The first-order chi connectivity index (χ1) is 8.36. The first-order valence-electron chi connectivity index (χ1n) is 6.98. The Bertz CT molecular complexity index is 328. The molecule has 1 fully saturated rings. The Morgan fingerprint density at radius 3 is 2.76 bits per heavy atom. The monoisotopic (exact) mass is 236 g/mol. The molecule has 1 unspecified atom stereocenters. The minimum Gasteiger partial charge on any atom is -0.309 e. The van der Waals surface area contributed by atoms with Crippen LogP contribution in [0.25, 0.3) is 0 Å². The molecule has 1 aromatic rings. The first-order valence-corrected chi connectivity index (χ1v) is 6.98. The van der Waals surface area contributed by atoms with E-state index in [1.807, 2.05) is 10.9 Å². The van der Waals surface area contributed by atoms with Crippen molar-refractivity contribution in [2.45, 2.75) is 58.5 Å². The lowest BCUT2D eigenvalue weighted by atomic mass is 9.82. The standard InChI is InChI=1S/C13H24N4/c1-3-14-13(11-8-6-5-7-9-11)12-10-15-16-17(12)4-2/h10-11,13-14H,3-9H2,1-2H3. The van der Waals surface area contributed by atoms with Crippen LogP contribution in [-0.2, 0) is 6.54 Å². The topological polar surface area (TPSA) is 42.7 Å². The highest BCUT2D eigenvalue weighted by molar-refractivity contribution is 5.05. The third-order valence-electron chi connectivity index (χ3n) is 3.81. The van der Waals surface area contributed by atoms with Crippen molar-refractivity contribution in [3.63, 3.8) is 0 Å². The highest BCUT2D eigenvalue weighted by Gasteiger charge is 2.26. The Balaban J connectivity index is 2.15. The van der Waals surface area contributed by atoms with Crippen molar-refractivity contribution in [3.8, 4) is 0 Å². The fourth-order valence-electron chi connectivity index (χ4n) is 2.95. The van der Waals surface area contributed by atoms with Crippen LogP contribution in [0.5, 0.6) is 0 Å². The van der Waals surface area contributed by atoms with Gasteiger partial charge in [-0.15, -0.1) is 5.10 Å². The lowest BCUT2D eigenvalue weighted by Crippen LogP contribution is -2.31. The summed E-state index contributed by atoms with van der Waals surface area (Å²) in [5, 5.41) is 11.9. The van der Waals surface area contributed by atoms with Crippen molar-refractivity contribution in [2.75, 3.05) is 6.54 Å². The maximum atomic E-state index is 4.16. The smallest absolute Gasteiger partial charge is 0.0759 e. The van der Waals surface area contributed by atoms with Gasteiger partial charge >= 0.3 is 0 Å². The molecule has 1 heterocycles. The molecule has 4 nitrogen and oxygen atoms in total. The number of aryl methyl sites for hydroxylation is 1. The summed E-state index contributed by atoms with van der Waals surface area (Å²) in [6.07, 6.45) is 8.77. The average Bonchev–Trinajstić information content (AvgIpc) is 2.85. The van der Waals surface area contributed by atoms with E-state index in [9.17, 15) is 0 Å². The maximum Gasteiger partial charge on any atom is 0.0759 e. The Kier molecular flexibility index (Phi) is 4.54. The van der Waals surface area contributed by atoms with Crippen molar-refractivity contribution in [3.05, 3.63) is 11.9 Å². The van der Waals surface area contributed by atoms with Gasteiger partial charge in [-0.2, -0.15) is 0 Å². The van der Waals surface area contributed by atoms with Gasteiger partial charge in [0.05, 0.1) is 17.9 Å². The molecule has 0 amide bonds. The van der Waals surface area contributed by atoms with Crippen LogP contribution in [0.15, 0.2) is 6.20 Å². The Hall–Kier alpha value is -0.900. The molecule has 1 atom stereocenters. The molecule has 1 aliphatic carbocycles. The zero-order valence-corrected chi connectivity index (χ0v) is 11.0. The zero-order chi connectivity index (χ0) is 12.1. The quantitative estimate of drug-likeness (QED) is 0.854. The van der Waals surface area contributed by atoms with Crippen LogP contribution in [0.1, 0.15) is 57.7 Å². The largest absolute Gasteiger partial charge is 0.309 e. The molecule has 17 heavy (non-hydrogen) atoms. The van der Waals surface area contributed by atoms with Crippen LogP contribution in [0.3, 0.4) is 0 Å². The van der Waals surface area contributed by atoms with Gasteiger partial charge in [0.15, 0.2) is 0 Å². The molecule has 1 saturated carbocycles. The van der Waals surface area contributed by atoms with Crippen LogP contribution in [0, 0.1) is 5.92 Å². The normalized spacial score (nSPS) is 19.4. The number of hydrogen-bond acceptors (Lipinski definition) is 3. The molecule has 1 aromatic heterocycles. The van der Waals surface area contributed by atoms with Crippen LogP contribution in [-0.4, -0.2) is 21.5 Å². The van der Waals surface area contributed by atoms with E-state index in [0.29, 0.717) is 6.04 Å². The highest BCUT2D eigenvalue weighted by Crippen LogP contribution is 2.33.